The number of ether oxygens (including phenoxy) is 2. The zero-order chi connectivity index (χ0) is 16.6. The summed E-state index contributed by atoms with van der Waals surface area (Å²) < 4.78 is 10.2. The molecular weight excluding hydrogens is 304 g/mol. The summed E-state index contributed by atoms with van der Waals surface area (Å²) in [7, 11) is 0. The van der Waals surface area contributed by atoms with Crippen LogP contribution in [0, 0.1) is 0 Å². The second-order valence-electron chi connectivity index (χ2n) is 5.32. The Morgan fingerprint density at radius 2 is 1.55 bits per heavy atom. The van der Waals surface area contributed by atoms with E-state index in [2.05, 4.69) is 0 Å². The van der Waals surface area contributed by atoms with Crippen molar-refractivity contribution in [1.82, 2.24) is 0 Å². The summed E-state index contributed by atoms with van der Waals surface area (Å²) in [6, 6.07) is 0. The highest BCUT2D eigenvalue weighted by Gasteiger charge is 2.47. The Balaban J connectivity index is 2.13. The Kier molecular flexibility index (Phi) is 5.37. The summed E-state index contributed by atoms with van der Waals surface area (Å²) in [5, 5.41) is 76.5. The Morgan fingerprint density at radius 1 is 0.909 bits per heavy atom. The molecule has 1 aliphatic carbocycles. The predicted octanol–water partition coefficient (Wildman–Crippen LogP) is -4.29. The van der Waals surface area contributed by atoms with E-state index >= 15 is 0 Å². The quantitative estimate of drug-likeness (QED) is 0.253. The lowest BCUT2D eigenvalue weighted by Crippen LogP contribution is -2.61. The van der Waals surface area contributed by atoms with Crippen LogP contribution in [-0.4, -0.2) is 103 Å². The molecule has 1 saturated heterocycles. The van der Waals surface area contributed by atoms with E-state index in [0.717, 1.165) is 6.08 Å². The fraction of sp³-hybridized carbons (Fsp3) is 0.833. The van der Waals surface area contributed by atoms with Crippen LogP contribution in [0.2, 0.25) is 0 Å². The highest BCUT2D eigenvalue weighted by atomic mass is 16.7. The normalized spacial score (nSPS) is 49.8. The molecule has 10 nitrogen and oxygen atoms in total. The molecule has 1 fully saturated rings. The van der Waals surface area contributed by atoms with E-state index in [1.54, 1.807) is 0 Å². The van der Waals surface area contributed by atoms with Gasteiger partial charge in [0, 0.05) is 0 Å². The molecule has 0 spiro atoms. The molecule has 9 atom stereocenters. The topological polar surface area (TPSA) is 180 Å². The van der Waals surface area contributed by atoms with Gasteiger partial charge in [-0.15, -0.1) is 0 Å². The molecule has 0 aromatic carbocycles. The van der Waals surface area contributed by atoms with Crippen LogP contribution in [0.3, 0.4) is 0 Å². The van der Waals surface area contributed by atoms with E-state index < -0.39 is 67.5 Å². The zero-order valence-corrected chi connectivity index (χ0v) is 11.4. The summed E-state index contributed by atoms with van der Waals surface area (Å²) >= 11 is 0. The van der Waals surface area contributed by atoms with E-state index in [1.165, 1.54) is 0 Å². The van der Waals surface area contributed by atoms with Crippen molar-refractivity contribution < 1.29 is 50.3 Å². The first-order valence-electron chi connectivity index (χ1n) is 6.68. The van der Waals surface area contributed by atoms with Gasteiger partial charge in [-0.1, -0.05) is 0 Å². The summed E-state index contributed by atoms with van der Waals surface area (Å²) in [5.74, 6) is -0.595. The first-order chi connectivity index (χ1) is 10.3. The molecular formula is C12H20O10. The number of hydrogen-bond donors (Lipinski definition) is 8. The van der Waals surface area contributed by atoms with Gasteiger partial charge in [0.1, 0.15) is 54.6 Å². The van der Waals surface area contributed by atoms with Gasteiger partial charge in [0.15, 0.2) is 6.29 Å². The van der Waals surface area contributed by atoms with Crippen LogP contribution in [0.1, 0.15) is 0 Å². The molecule has 1 heterocycles. The second-order valence-corrected chi connectivity index (χ2v) is 5.32. The van der Waals surface area contributed by atoms with Crippen molar-refractivity contribution in [1.29, 1.82) is 0 Å². The number of aliphatic hydroxyl groups is 8. The number of rotatable bonds is 3. The minimum Gasteiger partial charge on any atom is -0.510 e. The third-order valence-corrected chi connectivity index (χ3v) is 3.77. The monoisotopic (exact) mass is 324 g/mol. The van der Waals surface area contributed by atoms with E-state index in [0.29, 0.717) is 0 Å². The van der Waals surface area contributed by atoms with Crippen molar-refractivity contribution in [2.24, 2.45) is 0 Å². The lowest BCUT2D eigenvalue weighted by molar-refractivity contribution is -0.319. The summed E-state index contributed by atoms with van der Waals surface area (Å²) in [4.78, 5) is 0. The fourth-order valence-corrected chi connectivity index (χ4v) is 2.40. The maximum atomic E-state index is 9.81. The first-order valence-corrected chi connectivity index (χ1v) is 6.68. The Labute approximate surface area is 125 Å². The fourth-order valence-electron chi connectivity index (χ4n) is 2.40. The lowest BCUT2D eigenvalue weighted by atomic mass is 9.94. The van der Waals surface area contributed by atoms with Crippen LogP contribution in [0.5, 0.6) is 0 Å². The molecule has 10 heteroatoms. The number of aliphatic hydroxyl groups excluding tert-OH is 8. The van der Waals surface area contributed by atoms with Gasteiger partial charge in [-0.25, -0.2) is 0 Å². The van der Waals surface area contributed by atoms with E-state index in [4.69, 9.17) is 14.6 Å². The lowest BCUT2D eigenvalue weighted by Gasteiger charge is -2.42. The zero-order valence-electron chi connectivity index (χ0n) is 11.4. The largest absolute Gasteiger partial charge is 0.510 e. The highest BCUT2D eigenvalue weighted by molar-refractivity contribution is 5.14. The molecule has 8 N–H and O–H groups in total. The number of hydrogen-bond acceptors (Lipinski definition) is 10. The van der Waals surface area contributed by atoms with Crippen LogP contribution in [0.15, 0.2) is 11.8 Å². The smallest absolute Gasteiger partial charge is 0.187 e. The van der Waals surface area contributed by atoms with E-state index in [9.17, 15) is 35.7 Å². The third-order valence-electron chi connectivity index (χ3n) is 3.77. The van der Waals surface area contributed by atoms with E-state index in [-0.39, 0.29) is 0 Å². The Morgan fingerprint density at radius 3 is 2.14 bits per heavy atom. The minimum absolute atomic E-state index is 0.595. The predicted molar refractivity (Wildman–Crippen MR) is 67.4 cm³/mol. The SMILES string of the molecule is OCC1OC(OC2C(O)=C[C@H](O)C(O)C2O)C(O)C(O)C1O. The van der Waals surface area contributed by atoms with Crippen molar-refractivity contribution in [2.45, 2.75) is 55.1 Å². The van der Waals surface area contributed by atoms with Crippen molar-refractivity contribution in [3.05, 3.63) is 11.8 Å². The van der Waals surface area contributed by atoms with Gasteiger partial charge in [-0.05, 0) is 6.08 Å². The molecule has 0 amide bonds. The molecule has 2 aliphatic rings. The molecule has 0 radical (unpaired) electrons. The van der Waals surface area contributed by atoms with Gasteiger partial charge in [0.25, 0.3) is 0 Å². The van der Waals surface area contributed by atoms with Crippen LogP contribution in [-0.2, 0) is 9.47 Å². The molecule has 1 aliphatic heterocycles. The average molecular weight is 324 g/mol. The summed E-state index contributed by atoms with van der Waals surface area (Å²) in [6.45, 7) is -0.665. The van der Waals surface area contributed by atoms with Gasteiger partial charge in [0.2, 0.25) is 0 Å². The third kappa shape index (κ3) is 3.11. The van der Waals surface area contributed by atoms with Gasteiger partial charge < -0.3 is 50.3 Å². The van der Waals surface area contributed by atoms with Crippen LogP contribution >= 0.6 is 0 Å². The first kappa shape index (κ1) is 17.5. The molecule has 0 aromatic rings. The molecule has 2 rings (SSSR count). The van der Waals surface area contributed by atoms with Crippen LogP contribution < -0.4 is 0 Å². The average Bonchev–Trinajstić information content (AvgIpc) is 2.49. The second kappa shape index (κ2) is 6.74. The molecule has 8 unspecified atom stereocenters. The molecule has 0 aromatic heterocycles. The maximum absolute atomic E-state index is 9.81. The standard InChI is InChI=1S/C12H20O10/c13-2-5-7(17)8(18)10(20)12(21-5)22-11-4(15)1-3(14)6(16)9(11)19/h1,3,5-20H,2H2/t3-,5?,6?,7?,8?,9?,10?,11?,12?/m0/s1. The summed E-state index contributed by atoms with van der Waals surface area (Å²) in [6.07, 6.45) is -13.3. The van der Waals surface area contributed by atoms with Gasteiger partial charge in [-0.3, -0.25) is 0 Å². The van der Waals surface area contributed by atoms with Crippen LogP contribution in [0.25, 0.3) is 0 Å². The molecule has 128 valence electrons. The molecule has 0 bridgehead atoms. The summed E-state index contributed by atoms with van der Waals surface area (Å²) in [5.41, 5.74) is 0. The highest BCUT2D eigenvalue weighted by Crippen LogP contribution is 2.28. The van der Waals surface area contributed by atoms with Crippen molar-refractivity contribution in [3.63, 3.8) is 0 Å². The minimum atomic E-state index is -1.72. The van der Waals surface area contributed by atoms with E-state index in [1.807, 2.05) is 0 Å². The van der Waals surface area contributed by atoms with Crippen molar-refractivity contribution in [3.8, 4) is 0 Å². The molecule has 0 saturated carbocycles. The Hall–Kier alpha value is -0.820. The molecule has 22 heavy (non-hydrogen) atoms. The Bertz CT molecular complexity index is 413. The van der Waals surface area contributed by atoms with Crippen molar-refractivity contribution in [2.75, 3.05) is 6.61 Å². The maximum Gasteiger partial charge on any atom is 0.187 e. The van der Waals surface area contributed by atoms with Crippen molar-refractivity contribution >= 4 is 0 Å². The van der Waals surface area contributed by atoms with Gasteiger partial charge in [-0.2, -0.15) is 0 Å². The van der Waals surface area contributed by atoms with Gasteiger partial charge >= 0.3 is 0 Å². The van der Waals surface area contributed by atoms with Crippen LogP contribution in [0.4, 0.5) is 0 Å². The van der Waals surface area contributed by atoms with Gasteiger partial charge in [0.05, 0.1) is 6.61 Å².